The SMILES string of the molecule is CS(=O)(=O)C1CCCC12NC(C(=O)O)CCS2. The van der Waals surface area contributed by atoms with E-state index < -0.39 is 32.0 Å². The number of carboxylic acids is 1. The fourth-order valence-electron chi connectivity index (χ4n) is 2.79. The molecule has 1 aliphatic heterocycles. The van der Waals surface area contributed by atoms with E-state index in [4.69, 9.17) is 5.11 Å². The topological polar surface area (TPSA) is 83.5 Å². The van der Waals surface area contributed by atoms with Crippen LogP contribution in [0, 0.1) is 0 Å². The van der Waals surface area contributed by atoms with Crippen molar-refractivity contribution >= 4 is 27.6 Å². The van der Waals surface area contributed by atoms with Crippen molar-refractivity contribution < 1.29 is 18.3 Å². The number of carbonyl (C=O) groups is 1. The molecule has 2 fully saturated rings. The lowest BCUT2D eigenvalue weighted by atomic mass is 10.1. The van der Waals surface area contributed by atoms with Crippen molar-refractivity contribution in [2.75, 3.05) is 12.0 Å². The molecule has 98 valence electrons. The molecule has 0 aromatic heterocycles. The van der Waals surface area contributed by atoms with E-state index in [1.165, 1.54) is 6.26 Å². The van der Waals surface area contributed by atoms with Gasteiger partial charge < -0.3 is 5.11 Å². The average Bonchev–Trinajstić information content (AvgIpc) is 2.61. The Morgan fingerprint density at radius 1 is 1.47 bits per heavy atom. The lowest BCUT2D eigenvalue weighted by Gasteiger charge is -2.41. The van der Waals surface area contributed by atoms with Gasteiger partial charge in [0, 0.05) is 6.26 Å². The van der Waals surface area contributed by atoms with Gasteiger partial charge in [0.15, 0.2) is 9.84 Å². The molecular formula is C10H17NO4S2. The number of sulfone groups is 1. The predicted octanol–water partition coefficient (Wildman–Crippen LogP) is 0.460. The first kappa shape index (κ1) is 13.2. The summed E-state index contributed by atoms with van der Waals surface area (Å²) in [6, 6.07) is -0.612. The first-order chi connectivity index (χ1) is 7.85. The first-order valence-electron chi connectivity index (χ1n) is 5.68. The van der Waals surface area contributed by atoms with E-state index >= 15 is 0 Å². The van der Waals surface area contributed by atoms with Crippen LogP contribution in [-0.2, 0) is 14.6 Å². The third kappa shape index (κ3) is 2.46. The average molecular weight is 279 g/mol. The van der Waals surface area contributed by atoms with E-state index in [1.807, 2.05) is 0 Å². The number of thioether (sulfide) groups is 1. The van der Waals surface area contributed by atoms with Crippen molar-refractivity contribution in [3.05, 3.63) is 0 Å². The summed E-state index contributed by atoms with van der Waals surface area (Å²) < 4.78 is 23.6. The van der Waals surface area contributed by atoms with Crippen LogP contribution in [-0.4, -0.2) is 47.7 Å². The zero-order chi connectivity index (χ0) is 12.7. The predicted molar refractivity (Wildman–Crippen MR) is 66.8 cm³/mol. The van der Waals surface area contributed by atoms with Crippen molar-refractivity contribution in [2.24, 2.45) is 0 Å². The fourth-order valence-corrected chi connectivity index (χ4v) is 6.52. The molecule has 1 heterocycles. The first-order valence-corrected chi connectivity index (χ1v) is 8.62. The molecule has 2 N–H and O–H groups in total. The number of nitrogens with one attached hydrogen (secondary N) is 1. The van der Waals surface area contributed by atoms with Crippen LogP contribution in [0.2, 0.25) is 0 Å². The highest BCUT2D eigenvalue weighted by Gasteiger charge is 2.51. The summed E-state index contributed by atoms with van der Waals surface area (Å²) in [5, 5.41) is 11.7. The Morgan fingerprint density at radius 2 is 2.18 bits per heavy atom. The van der Waals surface area contributed by atoms with Gasteiger partial charge >= 0.3 is 5.97 Å². The summed E-state index contributed by atoms with van der Waals surface area (Å²) in [5.41, 5.74) is 0. The molecule has 0 amide bonds. The zero-order valence-corrected chi connectivity index (χ0v) is 11.3. The fraction of sp³-hybridized carbons (Fsp3) is 0.900. The standard InChI is InChI=1S/C10H17NO4S2/c1-17(14,15)8-3-2-5-10(8)11-7(9(12)13)4-6-16-10/h7-8,11H,2-6H2,1H3,(H,12,13). The molecule has 1 spiro atoms. The molecular weight excluding hydrogens is 262 g/mol. The maximum Gasteiger partial charge on any atom is 0.320 e. The second kappa shape index (κ2) is 4.44. The van der Waals surface area contributed by atoms with Crippen LogP contribution in [0.5, 0.6) is 0 Å². The molecule has 1 saturated carbocycles. The molecule has 7 heteroatoms. The minimum Gasteiger partial charge on any atom is -0.480 e. The summed E-state index contributed by atoms with van der Waals surface area (Å²) in [5.74, 6) is -0.181. The van der Waals surface area contributed by atoms with Crippen LogP contribution in [0.25, 0.3) is 0 Å². The van der Waals surface area contributed by atoms with Crippen molar-refractivity contribution in [1.82, 2.24) is 5.32 Å². The van der Waals surface area contributed by atoms with Gasteiger partial charge in [0.2, 0.25) is 0 Å². The van der Waals surface area contributed by atoms with Gasteiger partial charge in [0.25, 0.3) is 0 Å². The van der Waals surface area contributed by atoms with E-state index in [0.29, 0.717) is 18.6 Å². The van der Waals surface area contributed by atoms with Crippen LogP contribution >= 0.6 is 11.8 Å². The molecule has 2 aliphatic rings. The molecule has 5 nitrogen and oxygen atoms in total. The van der Waals surface area contributed by atoms with Gasteiger partial charge in [-0.05, 0) is 31.4 Å². The van der Waals surface area contributed by atoms with Crippen molar-refractivity contribution in [3.63, 3.8) is 0 Å². The monoisotopic (exact) mass is 279 g/mol. The van der Waals surface area contributed by atoms with Crippen LogP contribution in [0.15, 0.2) is 0 Å². The quantitative estimate of drug-likeness (QED) is 0.764. The maximum atomic E-state index is 11.8. The molecule has 0 bridgehead atoms. The van der Waals surface area contributed by atoms with Crippen molar-refractivity contribution in [2.45, 2.75) is 41.8 Å². The summed E-state index contributed by atoms with van der Waals surface area (Å²) in [6.07, 6.45) is 4.00. The largest absolute Gasteiger partial charge is 0.480 e. The Kier molecular flexibility index (Phi) is 3.44. The summed E-state index contributed by atoms with van der Waals surface area (Å²) in [6.45, 7) is 0. The van der Waals surface area contributed by atoms with Crippen molar-refractivity contribution in [3.8, 4) is 0 Å². The Hall–Kier alpha value is -0.270. The second-order valence-electron chi connectivity index (χ2n) is 4.77. The van der Waals surface area contributed by atoms with Gasteiger partial charge in [-0.25, -0.2) is 8.42 Å². The number of rotatable bonds is 2. The Bertz CT molecular complexity index is 422. The van der Waals surface area contributed by atoms with E-state index in [0.717, 1.165) is 12.8 Å². The number of hydrogen-bond donors (Lipinski definition) is 2. The van der Waals surface area contributed by atoms with Crippen molar-refractivity contribution in [1.29, 1.82) is 0 Å². The molecule has 1 saturated heterocycles. The minimum absolute atomic E-state index is 0.456. The highest BCUT2D eigenvalue weighted by Crippen LogP contribution is 2.45. The molecule has 17 heavy (non-hydrogen) atoms. The van der Waals surface area contributed by atoms with Gasteiger partial charge in [-0.15, -0.1) is 11.8 Å². The normalized spacial score (nSPS) is 38.4. The molecule has 2 rings (SSSR count). The smallest absolute Gasteiger partial charge is 0.320 e. The summed E-state index contributed by atoms with van der Waals surface area (Å²) in [7, 11) is -3.14. The third-order valence-corrected chi connectivity index (χ3v) is 6.92. The van der Waals surface area contributed by atoms with E-state index in [-0.39, 0.29) is 0 Å². The van der Waals surface area contributed by atoms with Gasteiger partial charge in [-0.2, -0.15) is 0 Å². The molecule has 0 aromatic rings. The zero-order valence-electron chi connectivity index (χ0n) is 9.68. The molecule has 1 aliphatic carbocycles. The molecule has 3 unspecified atom stereocenters. The minimum atomic E-state index is -3.14. The molecule has 3 atom stereocenters. The lowest BCUT2D eigenvalue weighted by Crippen LogP contribution is -2.59. The summed E-state index contributed by atoms with van der Waals surface area (Å²) >= 11 is 1.58. The lowest BCUT2D eigenvalue weighted by molar-refractivity contribution is -0.140. The van der Waals surface area contributed by atoms with E-state index in [2.05, 4.69) is 5.32 Å². The van der Waals surface area contributed by atoms with Crippen LogP contribution < -0.4 is 5.32 Å². The Labute approximate surface area is 105 Å². The van der Waals surface area contributed by atoms with Crippen LogP contribution in [0.3, 0.4) is 0 Å². The Morgan fingerprint density at radius 3 is 2.76 bits per heavy atom. The van der Waals surface area contributed by atoms with Gasteiger partial charge in [-0.1, -0.05) is 0 Å². The highest BCUT2D eigenvalue weighted by molar-refractivity contribution is 8.02. The van der Waals surface area contributed by atoms with Gasteiger partial charge in [0.05, 0.1) is 10.1 Å². The summed E-state index contributed by atoms with van der Waals surface area (Å²) in [4.78, 5) is 10.5. The number of aliphatic carboxylic acids is 1. The van der Waals surface area contributed by atoms with Gasteiger partial charge in [0.1, 0.15) is 6.04 Å². The highest BCUT2D eigenvalue weighted by atomic mass is 32.2. The second-order valence-corrected chi connectivity index (χ2v) is 8.43. The Balaban J connectivity index is 2.25. The van der Waals surface area contributed by atoms with E-state index in [1.54, 1.807) is 11.8 Å². The number of hydrogen-bond acceptors (Lipinski definition) is 5. The van der Waals surface area contributed by atoms with Crippen LogP contribution in [0.4, 0.5) is 0 Å². The van der Waals surface area contributed by atoms with E-state index in [9.17, 15) is 13.2 Å². The maximum absolute atomic E-state index is 11.8. The third-order valence-electron chi connectivity index (χ3n) is 3.53. The van der Waals surface area contributed by atoms with Crippen LogP contribution in [0.1, 0.15) is 25.7 Å². The van der Waals surface area contributed by atoms with Gasteiger partial charge in [-0.3, -0.25) is 10.1 Å². The molecule has 0 radical (unpaired) electrons. The number of carboxylic acid groups (broad SMARTS) is 1. The molecule has 0 aromatic carbocycles.